The number of fused-ring (bicyclic) bond motifs is 1. The highest BCUT2D eigenvalue weighted by Crippen LogP contribution is 2.28. The number of nitrogens with one attached hydrogen (secondary N) is 2. The number of carbonyl (C=O) groups is 2. The van der Waals surface area contributed by atoms with Crippen LogP contribution in [0.2, 0.25) is 0 Å². The van der Waals surface area contributed by atoms with Crippen LogP contribution in [0.15, 0.2) is 41.3 Å². The molecule has 9 nitrogen and oxygen atoms in total. The molecule has 0 fully saturated rings. The summed E-state index contributed by atoms with van der Waals surface area (Å²) in [7, 11) is -2.21. The Bertz CT molecular complexity index is 1050. The lowest BCUT2D eigenvalue weighted by atomic mass is 10.1. The molecule has 2 amide bonds. The fraction of sp³-hybridized carbons (Fsp3) is 0.222. The summed E-state index contributed by atoms with van der Waals surface area (Å²) in [5, 5.41) is 11.4. The number of anilines is 2. The van der Waals surface area contributed by atoms with Crippen LogP contribution in [-0.2, 0) is 21.4 Å². The maximum Gasteiger partial charge on any atom is 0.341 e. The Morgan fingerprint density at radius 2 is 2.04 bits per heavy atom. The number of carboxylic acids is 1. The number of nitrogens with zero attached hydrogens (tertiary/aromatic N) is 1. The van der Waals surface area contributed by atoms with E-state index in [9.17, 15) is 18.0 Å². The van der Waals surface area contributed by atoms with Gasteiger partial charge in [0.2, 0.25) is 0 Å². The van der Waals surface area contributed by atoms with E-state index in [1.54, 1.807) is 32.2 Å². The molecule has 2 aromatic carbocycles. The molecule has 0 atom stereocenters. The highest BCUT2D eigenvalue weighted by atomic mass is 32.2. The fourth-order valence-electron chi connectivity index (χ4n) is 2.75. The molecule has 0 aromatic heterocycles. The van der Waals surface area contributed by atoms with E-state index in [0.717, 1.165) is 5.56 Å². The third-order valence-corrected chi connectivity index (χ3v) is 5.54. The second-order valence-electron chi connectivity index (χ2n) is 6.37. The van der Waals surface area contributed by atoms with Gasteiger partial charge in [0, 0.05) is 25.0 Å². The van der Waals surface area contributed by atoms with Gasteiger partial charge in [-0.2, -0.15) is 0 Å². The number of amides is 2. The topological polar surface area (TPSA) is 125 Å². The Hall–Kier alpha value is -3.27. The first kappa shape index (κ1) is 19.5. The van der Waals surface area contributed by atoms with Gasteiger partial charge in [-0.05, 0) is 54.4 Å². The summed E-state index contributed by atoms with van der Waals surface area (Å²) in [6.07, 6.45) is 0. The van der Waals surface area contributed by atoms with Crippen molar-refractivity contribution in [1.29, 1.82) is 0 Å². The molecule has 0 aliphatic carbocycles. The maximum atomic E-state index is 12.7. The molecule has 2 aromatic rings. The van der Waals surface area contributed by atoms with Crippen molar-refractivity contribution in [2.45, 2.75) is 18.4 Å². The van der Waals surface area contributed by atoms with Crippen LogP contribution in [0.5, 0.6) is 5.75 Å². The number of ether oxygens (including phenoxy) is 1. The highest BCUT2D eigenvalue weighted by Gasteiger charge is 2.21. The van der Waals surface area contributed by atoms with E-state index in [1.165, 1.54) is 23.1 Å². The molecule has 28 heavy (non-hydrogen) atoms. The molecule has 0 saturated carbocycles. The van der Waals surface area contributed by atoms with E-state index >= 15 is 0 Å². The Morgan fingerprint density at radius 3 is 2.71 bits per heavy atom. The zero-order valence-corrected chi connectivity index (χ0v) is 16.0. The van der Waals surface area contributed by atoms with Gasteiger partial charge >= 0.3 is 12.0 Å². The zero-order chi connectivity index (χ0) is 20.5. The number of hydrogen-bond donors (Lipinski definition) is 3. The third kappa shape index (κ3) is 4.17. The minimum absolute atomic E-state index is 0.0239. The molecule has 0 bridgehead atoms. The van der Waals surface area contributed by atoms with E-state index in [4.69, 9.17) is 9.84 Å². The number of hydrogen-bond acceptors (Lipinski definition) is 5. The maximum absolute atomic E-state index is 12.7. The van der Waals surface area contributed by atoms with Gasteiger partial charge in [-0.25, -0.2) is 18.0 Å². The van der Waals surface area contributed by atoms with Gasteiger partial charge in [-0.15, -0.1) is 0 Å². The fourth-order valence-corrected chi connectivity index (χ4v) is 3.89. The lowest BCUT2D eigenvalue weighted by Gasteiger charge is -2.26. The van der Waals surface area contributed by atoms with Gasteiger partial charge in [-0.1, -0.05) is 0 Å². The van der Waals surface area contributed by atoms with E-state index in [0.29, 0.717) is 29.2 Å². The average Bonchev–Trinajstić information content (AvgIpc) is 2.61. The standard InChI is InChI=1S/C18H19N3O6S/c1-11-7-14(4-6-16(11)27-10-17(22)23)28(25,26)20-13-3-5-15-12(8-13)9-21(2)18(24)19-15/h3-8,20H,9-10H2,1-2H3,(H,19,24)(H,22,23). The first-order valence-corrected chi connectivity index (χ1v) is 9.77. The molecule has 1 aliphatic heterocycles. The summed E-state index contributed by atoms with van der Waals surface area (Å²) in [6.45, 7) is 1.49. The van der Waals surface area contributed by atoms with Gasteiger partial charge in [-0.3, -0.25) is 4.72 Å². The molecule has 0 radical (unpaired) electrons. The van der Waals surface area contributed by atoms with Crippen LogP contribution < -0.4 is 14.8 Å². The molecule has 3 rings (SSSR count). The lowest BCUT2D eigenvalue weighted by Crippen LogP contribution is -2.35. The van der Waals surface area contributed by atoms with Crippen LogP contribution >= 0.6 is 0 Å². The summed E-state index contributed by atoms with van der Waals surface area (Å²) >= 11 is 0. The van der Waals surface area contributed by atoms with Crippen LogP contribution in [-0.4, -0.2) is 44.1 Å². The number of urea groups is 1. The summed E-state index contributed by atoms with van der Waals surface area (Å²) in [6, 6.07) is 8.84. The molecule has 3 N–H and O–H groups in total. The van der Waals surface area contributed by atoms with E-state index < -0.39 is 22.6 Å². The number of rotatable bonds is 6. The third-order valence-electron chi connectivity index (χ3n) is 4.16. The molecular formula is C18H19N3O6S. The molecule has 148 valence electrons. The summed E-state index contributed by atoms with van der Waals surface area (Å²) in [5.41, 5.74) is 2.30. The van der Waals surface area contributed by atoms with Crippen LogP contribution in [0.1, 0.15) is 11.1 Å². The predicted molar refractivity (Wildman–Crippen MR) is 102 cm³/mol. The van der Waals surface area contributed by atoms with Crippen LogP contribution in [0.4, 0.5) is 16.2 Å². The number of aryl methyl sites for hydroxylation is 1. The second kappa shape index (κ2) is 7.39. The monoisotopic (exact) mass is 405 g/mol. The molecule has 1 heterocycles. The SMILES string of the molecule is Cc1cc(S(=O)(=O)Nc2ccc3c(c2)CN(C)C(=O)N3)ccc1OCC(=O)O. The van der Waals surface area contributed by atoms with Crippen LogP contribution in [0.3, 0.4) is 0 Å². The number of sulfonamides is 1. The van der Waals surface area contributed by atoms with Crippen LogP contribution in [0, 0.1) is 6.92 Å². The molecule has 0 unspecified atom stereocenters. The Labute approximate surface area is 162 Å². The van der Waals surface area contributed by atoms with Gasteiger partial charge in [0.25, 0.3) is 10.0 Å². The average molecular weight is 405 g/mol. The first-order valence-electron chi connectivity index (χ1n) is 8.29. The second-order valence-corrected chi connectivity index (χ2v) is 8.06. The molecule has 1 aliphatic rings. The quantitative estimate of drug-likeness (QED) is 0.677. The van der Waals surface area contributed by atoms with Gasteiger partial charge in [0.1, 0.15) is 5.75 Å². The van der Waals surface area contributed by atoms with Crippen molar-refractivity contribution in [3.05, 3.63) is 47.5 Å². The minimum atomic E-state index is -3.86. The molecular weight excluding hydrogens is 386 g/mol. The Morgan fingerprint density at radius 1 is 1.29 bits per heavy atom. The number of benzene rings is 2. The normalized spacial score (nSPS) is 13.5. The Kier molecular flexibility index (Phi) is 5.14. The van der Waals surface area contributed by atoms with Crippen molar-refractivity contribution in [3.8, 4) is 5.75 Å². The molecule has 10 heteroatoms. The zero-order valence-electron chi connectivity index (χ0n) is 15.2. The summed E-state index contributed by atoms with van der Waals surface area (Å²) in [4.78, 5) is 23.8. The minimum Gasteiger partial charge on any atom is -0.482 e. The summed E-state index contributed by atoms with van der Waals surface area (Å²) < 4.78 is 33.0. The number of aliphatic carboxylic acids is 1. The Balaban J connectivity index is 1.80. The highest BCUT2D eigenvalue weighted by molar-refractivity contribution is 7.92. The van der Waals surface area contributed by atoms with E-state index in [2.05, 4.69) is 10.0 Å². The molecule has 0 saturated heterocycles. The number of carbonyl (C=O) groups excluding carboxylic acids is 1. The van der Waals surface area contributed by atoms with Crippen molar-refractivity contribution in [2.24, 2.45) is 0 Å². The largest absolute Gasteiger partial charge is 0.482 e. The molecule has 0 spiro atoms. The van der Waals surface area contributed by atoms with Gasteiger partial charge in [0.15, 0.2) is 6.61 Å². The lowest BCUT2D eigenvalue weighted by molar-refractivity contribution is -0.139. The van der Waals surface area contributed by atoms with E-state index in [1.807, 2.05) is 0 Å². The van der Waals surface area contributed by atoms with Crippen molar-refractivity contribution in [3.63, 3.8) is 0 Å². The van der Waals surface area contributed by atoms with Crippen LogP contribution in [0.25, 0.3) is 0 Å². The van der Waals surface area contributed by atoms with Crippen molar-refractivity contribution in [1.82, 2.24) is 4.90 Å². The van der Waals surface area contributed by atoms with Crippen molar-refractivity contribution < 1.29 is 27.9 Å². The van der Waals surface area contributed by atoms with E-state index in [-0.39, 0.29) is 10.9 Å². The van der Waals surface area contributed by atoms with Gasteiger partial charge < -0.3 is 20.1 Å². The van der Waals surface area contributed by atoms with Crippen molar-refractivity contribution in [2.75, 3.05) is 23.7 Å². The van der Waals surface area contributed by atoms with Gasteiger partial charge in [0.05, 0.1) is 4.90 Å². The number of carboxylic acid groups (broad SMARTS) is 1. The summed E-state index contributed by atoms with van der Waals surface area (Å²) in [5.74, 6) is -0.819. The predicted octanol–water partition coefficient (Wildman–Crippen LogP) is 2.24. The smallest absolute Gasteiger partial charge is 0.341 e. The van der Waals surface area contributed by atoms with Crippen molar-refractivity contribution >= 4 is 33.4 Å². The first-order chi connectivity index (χ1) is 13.2.